The molecule has 27 heavy (non-hydrogen) atoms. The Morgan fingerprint density at radius 2 is 1.70 bits per heavy atom. The second kappa shape index (κ2) is 7.07. The lowest BCUT2D eigenvalue weighted by molar-refractivity contribution is 0.0663. The van der Waals surface area contributed by atoms with Gasteiger partial charge in [-0.1, -0.05) is 56.3 Å². The summed E-state index contributed by atoms with van der Waals surface area (Å²) in [5.41, 5.74) is 5.49. The Balaban J connectivity index is 1.77. The average molecular weight is 358 g/mol. The van der Waals surface area contributed by atoms with Gasteiger partial charge >= 0.3 is 0 Å². The minimum atomic E-state index is -0.0536. The number of aromatic nitrogens is 1. The summed E-state index contributed by atoms with van der Waals surface area (Å²) >= 11 is 0. The second-order valence-corrected chi connectivity index (χ2v) is 7.66. The Morgan fingerprint density at radius 1 is 0.963 bits per heavy atom. The normalized spacial score (nSPS) is 16.4. The molecule has 1 amide bonds. The fourth-order valence-corrected chi connectivity index (χ4v) is 3.98. The van der Waals surface area contributed by atoms with E-state index in [1.165, 1.54) is 16.8 Å². The number of carbonyl (C=O) groups excluding carboxylic acids is 1. The molecule has 0 saturated heterocycles. The minimum Gasteiger partial charge on any atom is -0.348 e. The quantitative estimate of drug-likeness (QED) is 0.634. The zero-order chi connectivity index (χ0) is 19.0. The Bertz CT molecular complexity index is 953. The number of carbonyl (C=O) groups is 1. The summed E-state index contributed by atoms with van der Waals surface area (Å²) in [5.74, 6) is 0.609. The van der Waals surface area contributed by atoms with Crippen LogP contribution in [0, 0.1) is 6.92 Å². The van der Waals surface area contributed by atoms with Crippen LogP contribution in [0.25, 0.3) is 0 Å². The third-order valence-corrected chi connectivity index (χ3v) is 5.59. The second-order valence-electron chi connectivity index (χ2n) is 7.66. The Kier molecular flexibility index (Phi) is 4.61. The maximum Gasteiger partial charge on any atom is 0.255 e. The minimum absolute atomic E-state index is 0.0536. The van der Waals surface area contributed by atoms with Gasteiger partial charge in [0.2, 0.25) is 0 Å². The number of rotatable bonds is 3. The first kappa shape index (κ1) is 17.6. The van der Waals surface area contributed by atoms with E-state index in [9.17, 15) is 4.79 Å². The van der Waals surface area contributed by atoms with Gasteiger partial charge in [0.1, 0.15) is 0 Å². The van der Waals surface area contributed by atoms with E-state index in [1.54, 1.807) is 0 Å². The van der Waals surface area contributed by atoms with E-state index in [1.807, 2.05) is 36.1 Å². The Labute approximate surface area is 161 Å². The summed E-state index contributed by atoms with van der Waals surface area (Å²) in [7, 11) is 0. The zero-order valence-corrected chi connectivity index (χ0v) is 16.2. The van der Waals surface area contributed by atoms with Gasteiger partial charge in [-0.15, -0.1) is 0 Å². The molecule has 3 heteroatoms. The molecular formula is C24H26N2O. The lowest BCUT2D eigenvalue weighted by atomic mass is 9.95. The maximum absolute atomic E-state index is 13.4. The third kappa shape index (κ3) is 3.18. The van der Waals surface area contributed by atoms with Gasteiger partial charge in [-0.05, 0) is 47.7 Å². The Hall–Kier alpha value is -2.81. The van der Waals surface area contributed by atoms with E-state index in [4.69, 9.17) is 0 Å². The van der Waals surface area contributed by atoms with Crippen molar-refractivity contribution >= 4 is 5.91 Å². The first-order chi connectivity index (χ1) is 13.1. The van der Waals surface area contributed by atoms with E-state index in [0.717, 1.165) is 17.7 Å². The standard InChI is InChI=1S/C24H26N2O/c1-17(2)19-10-12-20(13-11-19)23-22-9-6-14-25(22)15-16-26(23)24(27)21-8-5-4-7-18(21)3/h4-14,17,23H,15-16H2,1-3H3. The van der Waals surface area contributed by atoms with Crippen molar-refractivity contribution in [3.05, 3.63) is 94.8 Å². The van der Waals surface area contributed by atoms with Gasteiger partial charge in [0.15, 0.2) is 0 Å². The van der Waals surface area contributed by atoms with Crippen molar-refractivity contribution in [2.75, 3.05) is 6.54 Å². The molecule has 4 rings (SSSR count). The van der Waals surface area contributed by atoms with Crippen molar-refractivity contribution in [1.82, 2.24) is 9.47 Å². The summed E-state index contributed by atoms with van der Waals surface area (Å²) in [6.45, 7) is 7.96. The van der Waals surface area contributed by atoms with Crippen LogP contribution < -0.4 is 0 Å². The predicted molar refractivity (Wildman–Crippen MR) is 109 cm³/mol. The molecule has 0 aliphatic carbocycles. The third-order valence-electron chi connectivity index (χ3n) is 5.59. The fourth-order valence-electron chi connectivity index (χ4n) is 3.98. The number of nitrogens with zero attached hydrogens (tertiary/aromatic N) is 2. The number of benzene rings is 2. The van der Waals surface area contributed by atoms with Crippen molar-refractivity contribution in [1.29, 1.82) is 0 Å². The number of hydrogen-bond donors (Lipinski definition) is 0. The summed E-state index contributed by atoms with van der Waals surface area (Å²) in [5, 5.41) is 0. The first-order valence-corrected chi connectivity index (χ1v) is 9.67. The van der Waals surface area contributed by atoms with Crippen LogP contribution in [0.5, 0.6) is 0 Å². The van der Waals surface area contributed by atoms with E-state index in [0.29, 0.717) is 12.5 Å². The van der Waals surface area contributed by atoms with Gasteiger partial charge < -0.3 is 9.47 Å². The van der Waals surface area contributed by atoms with Crippen LogP contribution in [0.1, 0.15) is 58.5 Å². The number of hydrogen-bond acceptors (Lipinski definition) is 1. The van der Waals surface area contributed by atoms with Crippen LogP contribution in [0.15, 0.2) is 66.9 Å². The molecule has 1 atom stereocenters. The smallest absolute Gasteiger partial charge is 0.255 e. The lowest BCUT2D eigenvalue weighted by Gasteiger charge is -2.37. The monoisotopic (exact) mass is 358 g/mol. The van der Waals surface area contributed by atoms with Crippen LogP contribution in [0.2, 0.25) is 0 Å². The largest absolute Gasteiger partial charge is 0.348 e. The molecule has 0 saturated carbocycles. The molecule has 1 aromatic heterocycles. The van der Waals surface area contributed by atoms with Crippen molar-refractivity contribution in [3.63, 3.8) is 0 Å². The van der Waals surface area contributed by atoms with Gasteiger partial charge in [0.25, 0.3) is 5.91 Å². The van der Waals surface area contributed by atoms with Crippen molar-refractivity contribution in [2.24, 2.45) is 0 Å². The summed E-state index contributed by atoms with van der Waals surface area (Å²) in [6, 6.07) is 20.8. The van der Waals surface area contributed by atoms with E-state index < -0.39 is 0 Å². The molecule has 0 radical (unpaired) electrons. The number of aryl methyl sites for hydroxylation is 1. The summed E-state index contributed by atoms with van der Waals surface area (Å²) in [6.07, 6.45) is 2.11. The highest BCUT2D eigenvalue weighted by Crippen LogP contribution is 2.34. The maximum atomic E-state index is 13.4. The van der Waals surface area contributed by atoms with Crippen LogP contribution in [-0.2, 0) is 6.54 Å². The molecule has 2 heterocycles. The van der Waals surface area contributed by atoms with E-state index in [-0.39, 0.29) is 11.9 Å². The molecule has 0 N–H and O–H groups in total. The molecule has 2 aromatic carbocycles. The summed E-state index contributed by atoms with van der Waals surface area (Å²) in [4.78, 5) is 15.5. The summed E-state index contributed by atoms with van der Waals surface area (Å²) < 4.78 is 2.27. The molecule has 1 aliphatic rings. The molecule has 3 aromatic rings. The van der Waals surface area contributed by atoms with Gasteiger partial charge in [-0.2, -0.15) is 0 Å². The topological polar surface area (TPSA) is 25.2 Å². The van der Waals surface area contributed by atoms with Gasteiger partial charge in [0, 0.05) is 30.5 Å². The van der Waals surface area contributed by atoms with Crippen molar-refractivity contribution < 1.29 is 4.79 Å². The first-order valence-electron chi connectivity index (χ1n) is 9.67. The number of fused-ring (bicyclic) bond motifs is 1. The van der Waals surface area contributed by atoms with Gasteiger partial charge in [-0.25, -0.2) is 0 Å². The predicted octanol–water partition coefficient (Wildman–Crippen LogP) is 5.17. The zero-order valence-electron chi connectivity index (χ0n) is 16.2. The molecule has 3 nitrogen and oxygen atoms in total. The van der Waals surface area contributed by atoms with E-state index in [2.05, 4.69) is 61.0 Å². The van der Waals surface area contributed by atoms with Crippen LogP contribution in [-0.4, -0.2) is 21.9 Å². The van der Waals surface area contributed by atoms with Gasteiger partial charge in [0.05, 0.1) is 6.04 Å². The van der Waals surface area contributed by atoms with E-state index >= 15 is 0 Å². The van der Waals surface area contributed by atoms with Crippen LogP contribution >= 0.6 is 0 Å². The highest BCUT2D eigenvalue weighted by molar-refractivity contribution is 5.96. The van der Waals surface area contributed by atoms with Crippen LogP contribution in [0.3, 0.4) is 0 Å². The average Bonchev–Trinajstić information content (AvgIpc) is 3.16. The SMILES string of the molecule is Cc1ccccc1C(=O)N1CCn2cccc2C1c1ccc(C(C)C)cc1. The highest BCUT2D eigenvalue weighted by atomic mass is 16.2. The van der Waals surface area contributed by atoms with Gasteiger partial charge in [-0.3, -0.25) is 4.79 Å². The molecule has 1 aliphatic heterocycles. The molecule has 0 spiro atoms. The highest BCUT2D eigenvalue weighted by Gasteiger charge is 2.33. The van der Waals surface area contributed by atoms with Crippen molar-refractivity contribution in [3.8, 4) is 0 Å². The molecule has 1 unspecified atom stereocenters. The lowest BCUT2D eigenvalue weighted by Crippen LogP contribution is -2.42. The molecule has 0 fully saturated rings. The number of amides is 1. The Morgan fingerprint density at radius 3 is 2.41 bits per heavy atom. The van der Waals surface area contributed by atoms with Crippen LogP contribution in [0.4, 0.5) is 0 Å². The van der Waals surface area contributed by atoms with Crippen molar-refractivity contribution in [2.45, 2.75) is 39.3 Å². The molecular weight excluding hydrogens is 332 g/mol. The molecule has 138 valence electrons. The fraction of sp³-hybridized carbons (Fsp3) is 0.292. The molecule has 0 bridgehead atoms.